The summed E-state index contributed by atoms with van der Waals surface area (Å²) >= 11 is 11.6. The molecule has 6 heteroatoms. The van der Waals surface area contributed by atoms with E-state index in [9.17, 15) is 4.79 Å². The maximum absolute atomic E-state index is 11.7. The highest BCUT2D eigenvalue weighted by atomic mass is 35.5. The summed E-state index contributed by atoms with van der Waals surface area (Å²) in [6.07, 6.45) is 3.28. The van der Waals surface area contributed by atoms with Crippen molar-refractivity contribution in [1.29, 1.82) is 0 Å². The van der Waals surface area contributed by atoms with Gasteiger partial charge < -0.3 is 4.98 Å². The van der Waals surface area contributed by atoms with Gasteiger partial charge in [0.1, 0.15) is 0 Å². The molecule has 2 aromatic rings. The molecule has 0 aliphatic carbocycles. The van der Waals surface area contributed by atoms with E-state index in [4.69, 9.17) is 23.2 Å². The van der Waals surface area contributed by atoms with Crippen molar-refractivity contribution in [2.24, 2.45) is 5.10 Å². The number of halogens is 2. The first-order valence-corrected chi connectivity index (χ1v) is 5.84. The summed E-state index contributed by atoms with van der Waals surface area (Å²) in [5, 5.41) is 4.55. The third-order valence-corrected chi connectivity index (χ3v) is 2.91. The lowest BCUT2D eigenvalue weighted by molar-refractivity contribution is 0.0955. The van der Waals surface area contributed by atoms with Gasteiger partial charge in [-0.2, -0.15) is 5.10 Å². The third kappa shape index (κ3) is 3.12. The fraction of sp³-hybridized carbons (Fsp3) is 0. The Bertz CT molecular complexity index is 579. The Morgan fingerprint density at radius 2 is 2.11 bits per heavy atom. The fourth-order valence-corrected chi connectivity index (χ4v) is 1.58. The number of H-pyrrole nitrogens is 1. The fourth-order valence-electron chi connectivity index (χ4n) is 1.29. The van der Waals surface area contributed by atoms with E-state index in [1.807, 2.05) is 12.1 Å². The van der Waals surface area contributed by atoms with Crippen molar-refractivity contribution in [2.75, 3.05) is 0 Å². The number of carbonyl (C=O) groups excluding carboxylic acids is 1. The average molecular weight is 282 g/mol. The molecule has 2 N–H and O–H groups in total. The number of hydrogen-bond acceptors (Lipinski definition) is 2. The minimum absolute atomic E-state index is 0.331. The number of nitrogens with one attached hydrogen (secondary N) is 2. The molecule has 0 aliphatic heterocycles. The molecule has 0 fully saturated rings. The van der Waals surface area contributed by atoms with Gasteiger partial charge in [0.15, 0.2) is 0 Å². The minimum Gasteiger partial charge on any atom is -0.360 e. The lowest BCUT2D eigenvalue weighted by Gasteiger charge is -2.01. The van der Waals surface area contributed by atoms with Crippen LogP contribution >= 0.6 is 23.2 Å². The van der Waals surface area contributed by atoms with Gasteiger partial charge in [-0.05, 0) is 30.3 Å². The predicted octanol–water partition coefficient (Wildman–Crippen LogP) is 3.09. The van der Waals surface area contributed by atoms with Crippen LogP contribution in [0, 0.1) is 0 Å². The molecule has 18 heavy (non-hydrogen) atoms. The first kappa shape index (κ1) is 12.7. The van der Waals surface area contributed by atoms with Crippen LogP contribution in [0.1, 0.15) is 16.1 Å². The molecule has 4 nitrogen and oxygen atoms in total. The zero-order valence-electron chi connectivity index (χ0n) is 9.15. The summed E-state index contributed by atoms with van der Waals surface area (Å²) < 4.78 is 0. The van der Waals surface area contributed by atoms with Gasteiger partial charge in [0, 0.05) is 11.8 Å². The summed E-state index contributed by atoms with van der Waals surface area (Å²) in [6, 6.07) is 8.29. The molecule has 1 heterocycles. The van der Waals surface area contributed by atoms with Crippen molar-refractivity contribution >= 4 is 35.3 Å². The Morgan fingerprint density at radius 3 is 2.78 bits per heavy atom. The van der Waals surface area contributed by atoms with Crippen LogP contribution in [-0.4, -0.2) is 17.1 Å². The highest BCUT2D eigenvalue weighted by molar-refractivity contribution is 6.42. The second-order valence-corrected chi connectivity index (χ2v) is 4.27. The third-order valence-electron chi connectivity index (χ3n) is 2.17. The maximum atomic E-state index is 11.7. The van der Waals surface area contributed by atoms with E-state index in [0.717, 1.165) is 5.69 Å². The van der Waals surface area contributed by atoms with Gasteiger partial charge in [0.05, 0.1) is 22.0 Å². The van der Waals surface area contributed by atoms with Crippen molar-refractivity contribution in [3.05, 3.63) is 57.8 Å². The van der Waals surface area contributed by atoms with Crippen LogP contribution in [0.2, 0.25) is 10.0 Å². The highest BCUT2D eigenvalue weighted by Crippen LogP contribution is 2.22. The lowest BCUT2D eigenvalue weighted by atomic mass is 10.2. The number of hydrazone groups is 1. The van der Waals surface area contributed by atoms with Crippen molar-refractivity contribution in [1.82, 2.24) is 10.4 Å². The van der Waals surface area contributed by atoms with Crippen molar-refractivity contribution in [3.8, 4) is 0 Å². The van der Waals surface area contributed by atoms with Crippen LogP contribution in [-0.2, 0) is 0 Å². The Hall–Kier alpha value is -1.78. The standard InChI is InChI=1S/C12H9Cl2N3O/c13-10-4-3-8(6-11(10)14)12(18)17-16-7-9-2-1-5-15-9/h1-7,15H,(H,17,18)/b16-7-. The van der Waals surface area contributed by atoms with Crippen LogP contribution in [0.3, 0.4) is 0 Å². The van der Waals surface area contributed by atoms with E-state index in [1.54, 1.807) is 18.3 Å². The summed E-state index contributed by atoms with van der Waals surface area (Å²) in [4.78, 5) is 14.6. The van der Waals surface area contributed by atoms with Gasteiger partial charge in [-0.3, -0.25) is 4.79 Å². The van der Waals surface area contributed by atoms with Crippen molar-refractivity contribution in [2.45, 2.75) is 0 Å². The van der Waals surface area contributed by atoms with E-state index in [1.165, 1.54) is 12.3 Å². The predicted molar refractivity (Wildman–Crippen MR) is 72.3 cm³/mol. The molecule has 0 unspecified atom stereocenters. The quantitative estimate of drug-likeness (QED) is 0.659. The number of carbonyl (C=O) groups is 1. The monoisotopic (exact) mass is 281 g/mol. The molecule has 2 rings (SSSR count). The Balaban J connectivity index is 2.01. The number of hydrogen-bond donors (Lipinski definition) is 2. The molecule has 0 aliphatic rings. The zero-order chi connectivity index (χ0) is 13.0. The molecule has 1 amide bonds. The highest BCUT2D eigenvalue weighted by Gasteiger charge is 2.06. The Labute approximate surface area is 114 Å². The molecular formula is C12H9Cl2N3O. The van der Waals surface area contributed by atoms with E-state index >= 15 is 0 Å². The Kier molecular flexibility index (Phi) is 4.02. The molecule has 0 radical (unpaired) electrons. The normalized spacial score (nSPS) is 10.8. The number of aromatic amines is 1. The molecule has 1 aromatic heterocycles. The first-order chi connectivity index (χ1) is 8.66. The smallest absolute Gasteiger partial charge is 0.271 e. The second kappa shape index (κ2) is 5.71. The molecular weight excluding hydrogens is 273 g/mol. The summed E-state index contributed by atoms with van der Waals surface area (Å²) in [7, 11) is 0. The van der Waals surface area contributed by atoms with Gasteiger partial charge in [0.25, 0.3) is 5.91 Å². The number of amides is 1. The first-order valence-electron chi connectivity index (χ1n) is 5.08. The van der Waals surface area contributed by atoms with Crippen LogP contribution in [0.15, 0.2) is 41.6 Å². The average Bonchev–Trinajstić information content (AvgIpc) is 2.85. The van der Waals surface area contributed by atoms with Crippen molar-refractivity contribution < 1.29 is 4.79 Å². The van der Waals surface area contributed by atoms with E-state index < -0.39 is 0 Å². The Morgan fingerprint density at radius 1 is 1.28 bits per heavy atom. The number of nitrogens with zero attached hydrogens (tertiary/aromatic N) is 1. The van der Waals surface area contributed by atoms with Gasteiger partial charge in [-0.15, -0.1) is 0 Å². The molecule has 0 spiro atoms. The molecule has 0 saturated heterocycles. The number of benzene rings is 1. The van der Waals surface area contributed by atoms with Gasteiger partial charge in [-0.1, -0.05) is 23.2 Å². The number of aromatic nitrogens is 1. The van der Waals surface area contributed by atoms with Crippen molar-refractivity contribution in [3.63, 3.8) is 0 Å². The lowest BCUT2D eigenvalue weighted by Crippen LogP contribution is -2.17. The van der Waals surface area contributed by atoms with E-state index in [2.05, 4.69) is 15.5 Å². The summed E-state index contributed by atoms with van der Waals surface area (Å²) in [5.41, 5.74) is 3.58. The SMILES string of the molecule is O=C(N/N=C\c1ccc[nH]1)c1ccc(Cl)c(Cl)c1. The largest absolute Gasteiger partial charge is 0.360 e. The van der Waals surface area contributed by atoms with Crippen LogP contribution in [0.5, 0.6) is 0 Å². The van der Waals surface area contributed by atoms with Crippen LogP contribution in [0.25, 0.3) is 0 Å². The maximum Gasteiger partial charge on any atom is 0.271 e. The van der Waals surface area contributed by atoms with Gasteiger partial charge >= 0.3 is 0 Å². The zero-order valence-corrected chi connectivity index (χ0v) is 10.7. The summed E-state index contributed by atoms with van der Waals surface area (Å²) in [5.74, 6) is -0.351. The second-order valence-electron chi connectivity index (χ2n) is 3.45. The summed E-state index contributed by atoms with van der Waals surface area (Å²) in [6.45, 7) is 0. The topological polar surface area (TPSA) is 57.2 Å². The van der Waals surface area contributed by atoms with Gasteiger partial charge in [0.2, 0.25) is 0 Å². The molecule has 0 bridgehead atoms. The molecule has 1 aromatic carbocycles. The van der Waals surface area contributed by atoms with Gasteiger partial charge in [-0.25, -0.2) is 5.43 Å². The van der Waals surface area contributed by atoms with Crippen LogP contribution < -0.4 is 5.43 Å². The molecule has 92 valence electrons. The molecule has 0 atom stereocenters. The minimum atomic E-state index is -0.351. The number of rotatable bonds is 3. The van der Waals surface area contributed by atoms with Crippen LogP contribution in [0.4, 0.5) is 0 Å². The van der Waals surface area contributed by atoms with E-state index in [0.29, 0.717) is 15.6 Å². The van der Waals surface area contributed by atoms with E-state index in [-0.39, 0.29) is 5.91 Å². The molecule has 0 saturated carbocycles.